The summed E-state index contributed by atoms with van der Waals surface area (Å²) >= 11 is 0. The number of hydrogen-bond acceptors (Lipinski definition) is 3. The first-order valence-electron chi connectivity index (χ1n) is 7.04. The van der Waals surface area contributed by atoms with Gasteiger partial charge in [-0.3, -0.25) is 4.79 Å². The molecule has 1 amide bonds. The van der Waals surface area contributed by atoms with Crippen LogP contribution in [-0.4, -0.2) is 25.6 Å². The standard InChI is InChI=1S/C15H22N2O2/c1-2-10-19-14-7-5-13(6-8-14)17-15(18)12-4-3-9-16-11-12/h5-8,12,16H,2-4,9-11H2,1H3,(H,17,18). The van der Waals surface area contributed by atoms with Gasteiger partial charge in [0.1, 0.15) is 5.75 Å². The zero-order valence-electron chi connectivity index (χ0n) is 11.4. The van der Waals surface area contributed by atoms with Crippen LogP contribution in [0.25, 0.3) is 0 Å². The van der Waals surface area contributed by atoms with Crippen LogP contribution in [0, 0.1) is 5.92 Å². The fourth-order valence-corrected chi connectivity index (χ4v) is 2.17. The molecule has 19 heavy (non-hydrogen) atoms. The third-order valence-corrected chi connectivity index (χ3v) is 3.26. The molecule has 0 aliphatic carbocycles. The van der Waals surface area contributed by atoms with Crippen molar-refractivity contribution in [3.05, 3.63) is 24.3 Å². The molecular weight excluding hydrogens is 240 g/mol. The number of nitrogens with one attached hydrogen (secondary N) is 2. The third-order valence-electron chi connectivity index (χ3n) is 3.26. The van der Waals surface area contributed by atoms with Crippen LogP contribution >= 0.6 is 0 Å². The molecule has 0 bridgehead atoms. The number of hydrogen-bond donors (Lipinski definition) is 2. The Bertz CT molecular complexity index is 397. The van der Waals surface area contributed by atoms with Crippen LogP contribution in [0.4, 0.5) is 5.69 Å². The van der Waals surface area contributed by atoms with E-state index in [9.17, 15) is 4.79 Å². The van der Waals surface area contributed by atoms with Gasteiger partial charge < -0.3 is 15.4 Å². The summed E-state index contributed by atoms with van der Waals surface area (Å²) in [6.07, 6.45) is 3.03. The molecule has 1 aromatic carbocycles. The van der Waals surface area contributed by atoms with Crippen molar-refractivity contribution in [1.29, 1.82) is 0 Å². The van der Waals surface area contributed by atoms with E-state index >= 15 is 0 Å². The number of rotatable bonds is 5. The van der Waals surface area contributed by atoms with Crippen LogP contribution in [0.5, 0.6) is 5.75 Å². The van der Waals surface area contributed by atoms with Crippen molar-refractivity contribution in [2.24, 2.45) is 5.92 Å². The molecular formula is C15H22N2O2. The SMILES string of the molecule is CCCOc1ccc(NC(=O)C2CCCNC2)cc1. The fraction of sp³-hybridized carbons (Fsp3) is 0.533. The maximum absolute atomic E-state index is 12.0. The van der Waals surface area contributed by atoms with E-state index < -0.39 is 0 Å². The molecule has 1 unspecified atom stereocenters. The van der Waals surface area contributed by atoms with Gasteiger partial charge in [-0.25, -0.2) is 0 Å². The smallest absolute Gasteiger partial charge is 0.228 e. The quantitative estimate of drug-likeness (QED) is 0.856. The fourth-order valence-electron chi connectivity index (χ4n) is 2.17. The molecule has 1 fully saturated rings. The van der Waals surface area contributed by atoms with Crippen molar-refractivity contribution in [3.63, 3.8) is 0 Å². The first kappa shape index (κ1) is 13.9. The molecule has 1 atom stereocenters. The molecule has 4 heteroatoms. The number of amides is 1. The van der Waals surface area contributed by atoms with Gasteiger partial charge in [-0.15, -0.1) is 0 Å². The Hall–Kier alpha value is -1.55. The molecule has 1 saturated heterocycles. The highest BCUT2D eigenvalue weighted by atomic mass is 16.5. The summed E-state index contributed by atoms with van der Waals surface area (Å²) in [6.45, 7) is 4.60. The predicted molar refractivity (Wildman–Crippen MR) is 76.5 cm³/mol. The van der Waals surface area contributed by atoms with E-state index in [1.165, 1.54) is 0 Å². The van der Waals surface area contributed by atoms with E-state index in [4.69, 9.17) is 4.74 Å². The molecule has 0 saturated carbocycles. The lowest BCUT2D eigenvalue weighted by Gasteiger charge is -2.21. The molecule has 1 heterocycles. The Labute approximate surface area is 114 Å². The molecule has 1 aromatic rings. The lowest BCUT2D eigenvalue weighted by atomic mass is 9.99. The average Bonchev–Trinajstić information content (AvgIpc) is 2.47. The average molecular weight is 262 g/mol. The summed E-state index contributed by atoms with van der Waals surface area (Å²) in [5.74, 6) is 1.04. The summed E-state index contributed by atoms with van der Waals surface area (Å²) < 4.78 is 5.51. The van der Waals surface area contributed by atoms with Crippen molar-refractivity contribution in [2.75, 3.05) is 25.0 Å². The normalized spacial score (nSPS) is 18.9. The predicted octanol–water partition coefficient (Wildman–Crippen LogP) is 2.41. The highest BCUT2D eigenvalue weighted by Gasteiger charge is 2.20. The van der Waals surface area contributed by atoms with Crippen molar-refractivity contribution >= 4 is 11.6 Å². The van der Waals surface area contributed by atoms with Crippen LogP contribution in [0.15, 0.2) is 24.3 Å². The monoisotopic (exact) mass is 262 g/mol. The van der Waals surface area contributed by atoms with Gasteiger partial charge in [-0.2, -0.15) is 0 Å². The minimum atomic E-state index is 0.0877. The first-order valence-corrected chi connectivity index (χ1v) is 7.04. The van der Waals surface area contributed by atoms with Crippen LogP contribution in [0.1, 0.15) is 26.2 Å². The van der Waals surface area contributed by atoms with E-state index in [0.717, 1.165) is 50.4 Å². The van der Waals surface area contributed by atoms with E-state index in [1.54, 1.807) is 0 Å². The third kappa shape index (κ3) is 4.24. The second-order valence-electron chi connectivity index (χ2n) is 4.91. The molecule has 1 aliphatic heterocycles. The molecule has 0 spiro atoms. The number of ether oxygens (including phenoxy) is 1. The summed E-state index contributed by atoms with van der Waals surface area (Å²) in [6, 6.07) is 7.56. The molecule has 1 aliphatic rings. The van der Waals surface area contributed by atoms with Gasteiger partial charge in [-0.05, 0) is 50.1 Å². The van der Waals surface area contributed by atoms with Gasteiger partial charge in [0.2, 0.25) is 5.91 Å². The Kier molecular flexibility index (Phi) is 5.21. The van der Waals surface area contributed by atoms with Gasteiger partial charge in [0.05, 0.1) is 12.5 Å². The van der Waals surface area contributed by atoms with Gasteiger partial charge in [0, 0.05) is 12.2 Å². The largest absolute Gasteiger partial charge is 0.494 e. The maximum atomic E-state index is 12.0. The second-order valence-corrected chi connectivity index (χ2v) is 4.91. The Morgan fingerprint density at radius 1 is 1.42 bits per heavy atom. The molecule has 104 valence electrons. The van der Waals surface area contributed by atoms with Crippen molar-refractivity contribution < 1.29 is 9.53 Å². The highest BCUT2D eigenvalue weighted by molar-refractivity contribution is 5.92. The molecule has 0 aromatic heterocycles. The summed E-state index contributed by atoms with van der Waals surface area (Å²) in [5.41, 5.74) is 0.833. The summed E-state index contributed by atoms with van der Waals surface area (Å²) in [4.78, 5) is 12.0. The number of anilines is 1. The Morgan fingerprint density at radius 2 is 2.21 bits per heavy atom. The van der Waals surface area contributed by atoms with E-state index in [1.807, 2.05) is 24.3 Å². The molecule has 2 rings (SSSR count). The van der Waals surface area contributed by atoms with Crippen LogP contribution in [0.3, 0.4) is 0 Å². The molecule has 2 N–H and O–H groups in total. The van der Waals surface area contributed by atoms with Crippen LogP contribution in [0.2, 0.25) is 0 Å². The zero-order valence-corrected chi connectivity index (χ0v) is 11.4. The topological polar surface area (TPSA) is 50.4 Å². The number of carbonyl (C=O) groups excluding carboxylic acids is 1. The Morgan fingerprint density at radius 3 is 2.84 bits per heavy atom. The number of carbonyl (C=O) groups is 1. The highest BCUT2D eigenvalue weighted by Crippen LogP contribution is 2.18. The van der Waals surface area contributed by atoms with Gasteiger partial charge in [-0.1, -0.05) is 6.92 Å². The lowest BCUT2D eigenvalue weighted by Crippen LogP contribution is -2.37. The van der Waals surface area contributed by atoms with Crippen molar-refractivity contribution in [3.8, 4) is 5.75 Å². The second kappa shape index (κ2) is 7.14. The summed E-state index contributed by atoms with van der Waals surface area (Å²) in [5, 5.41) is 6.21. The van der Waals surface area contributed by atoms with Crippen LogP contribution < -0.4 is 15.4 Å². The summed E-state index contributed by atoms with van der Waals surface area (Å²) in [7, 11) is 0. The number of benzene rings is 1. The van der Waals surface area contributed by atoms with Gasteiger partial charge in [0.25, 0.3) is 0 Å². The minimum absolute atomic E-state index is 0.0877. The molecule has 0 radical (unpaired) electrons. The van der Waals surface area contributed by atoms with E-state index in [0.29, 0.717) is 0 Å². The van der Waals surface area contributed by atoms with Crippen LogP contribution in [-0.2, 0) is 4.79 Å². The van der Waals surface area contributed by atoms with E-state index in [2.05, 4.69) is 17.6 Å². The Balaban J connectivity index is 1.86. The van der Waals surface area contributed by atoms with Crippen molar-refractivity contribution in [2.45, 2.75) is 26.2 Å². The zero-order chi connectivity index (χ0) is 13.5. The minimum Gasteiger partial charge on any atom is -0.494 e. The maximum Gasteiger partial charge on any atom is 0.228 e. The van der Waals surface area contributed by atoms with Gasteiger partial charge >= 0.3 is 0 Å². The lowest BCUT2D eigenvalue weighted by molar-refractivity contribution is -0.120. The van der Waals surface area contributed by atoms with Crippen molar-refractivity contribution in [1.82, 2.24) is 5.32 Å². The number of piperidine rings is 1. The molecule has 4 nitrogen and oxygen atoms in total. The first-order chi connectivity index (χ1) is 9.29. The van der Waals surface area contributed by atoms with Gasteiger partial charge in [0.15, 0.2) is 0 Å². The van der Waals surface area contributed by atoms with E-state index in [-0.39, 0.29) is 11.8 Å².